The largest absolute Gasteiger partial charge is 0.294 e. The SMILES string of the molecule is N#Cc1cccc(Cn2cnc3scc(-c4cccs4)c3c2=O)c1. The number of nitrogens with zero attached hydrogens (tertiary/aromatic N) is 3. The lowest BCUT2D eigenvalue weighted by molar-refractivity contribution is 0.749. The average Bonchev–Trinajstić information content (AvgIpc) is 3.27. The Hall–Kier alpha value is -2.75. The van der Waals surface area contributed by atoms with Crippen LogP contribution in [0.3, 0.4) is 0 Å². The summed E-state index contributed by atoms with van der Waals surface area (Å²) in [4.78, 5) is 19.2. The standard InChI is InChI=1S/C18H11N3OS2/c19-8-12-3-1-4-13(7-12)9-21-11-20-17-16(18(21)22)14(10-24-17)15-5-2-6-23-15/h1-7,10-11H,9H2. The van der Waals surface area contributed by atoms with Crippen molar-refractivity contribution in [1.29, 1.82) is 5.26 Å². The molecule has 0 aliphatic heterocycles. The number of fused-ring (bicyclic) bond motifs is 1. The Morgan fingerprint density at radius 3 is 2.92 bits per heavy atom. The molecule has 4 rings (SSSR count). The summed E-state index contributed by atoms with van der Waals surface area (Å²) in [5.41, 5.74) is 2.39. The molecule has 0 spiro atoms. The monoisotopic (exact) mass is 349 g/mol. The molecule has 0 bridgehead atoms. The van der Waals surface area contributed by atoms with Gasteiger partial charge in [-0.3, -0.25) is 9.36 Å². The lowest BCUT2D eigenvalue weighted by Gasteiger charge is -2.06. The van der Waals surface area contributed by atoms with Gasteiger partial charge in [-0.05, 0) is 29.1 Å². The smallest absolute Gasteiger partial charge is 0.263 e. The summed E-state index contributed by atoms with van der Waals surface area (Å²) < 4.78 is 1.60. The fourth-order valence-electron chi connectivity index (χ4n) is 2.63. The topological polar surface area (TPSA) is 58.7 Å². The minimum Gasteiger partial charge on any atom is -0.294 e. The van der Waals surface area contributed by atoms with Crippen LogP contribution in [0.2, 0.25) is 0 Å². The summed E-state index contributed by atoms with van der Waals surface area (Å²) in [7, 11) is 0. The molecule has 4 nitrogen and oxygen atoms in total. The van der Waals surface area contributed by atoms with E-state index in [1.807, 2.05) is 35.0 Å². The Labute approximate surface area is 145 Å². The van der Waals surface area contributed by atoms with Crippen LogP contribution in [0.25, 0.3) is 20.7 Å². The van der Waals surface area contributed by atoms with Gasteiger partial charge in [-0.15, -0.1) is 22.7 Å². The van der Waals surface area contributed by atoms with E-state index in [1.54, 1.807) is 34.4 Å². The highest BCUT2D eigenvalue weighted by Gasteiger charge is 2.14. The summed E-state index contributed by atoms with van der Waals surface area (Å²) in [5, 5.41) is 13.7. The van der Waals surface area contributed by atoms with Crippen molar-refractivity contribution in [1.82, 2.24) is 9.55 Å². The third kappa shape index (κ3) is 2.54. The number of hydrogen-bond acceptors (Lipinski definition) is 5. The molecule has 116 valence electrons. The first-order chi connectivity index (χ1) is 11.8. The molecule has 4 aromatic rings. The molecule has 0 unspecified atom stereocenters. The zero-order valence-corrected chi connectivity index (χ0v) is 14.1. The Bertz CT molecular complexity index is 1120. The molecular weight excluding hydrogens is 338 g/mol. The number of rotatable bonds is 3. The average molecular weight is 349 g/mol. The van der Waals surface area contributed by atoms with Crippen LogP contribution < -0.4 is 5.56 Å². The van der Waals surface area contributed by atoms with Crippen molar-refractivity contribution in [2.75, 3.05) is 0 Å². The van der Waals surface area contributed by atoms with Gasteiger partial charge in [0.2, 0.25) is 0 Å². The van der Waals surface area contributed by atoms with Crippen molar-refractivity contribution >= 4 is 32.9 Å². The number of benzene rings is 1. The van der Waals surface area contributed by atoms with E-state index in [9.17, 15) is 4.79 Å². The second-order valence-corrected chi connectivity index (χ2v) is 7.10. The molecule has 0 aliphatic carbocycles. The predicted octanol–water partition coefficient (Wildman–Crippen LogP) is 4.11. The number of nitriles is 1. The van der Waals surface area contributed by atoms with Crippen molar-refractivity contribution in [3.05, 3.63) is 75.0 Å². The first kappa shape index (κ1) is 14.8. The van der Waals surface area contributed by atoms with Gasteiger partial charge in [-0.25, -0.2) is 4.98 Å². The molecule has 3 heterocycles. The molecule has 0 aliphatic rings. The van der Waals surface area contributed by atoms with Crippen molar-refractivity contribution in [2.24, 2.45) is 0 Å². The molecule has 0 amide bonds. The minimum absolute atomic E-state index is 0.0491. The quantitative estimate of drug-likeness (QED) is 0.559. The van der Waals surface area contributed by atoms with Crippen molar-refractivity contribution < 1.29 is 0 Å². The van der Waals surface area contributed by atoms with Gasteiger partial charge in [0.05, 0.1) is 29.9 Å². The van der Waals surface area contributed by atoms with E-state index >= 15 is 0 Å². The molecule has 1 aromatic carbocycles. The maximum absolute atomic E-state index is 12.9. The third-order valence-corrected chi connectivity index (χ3v) is 5.55. The van der Waals surface area contributed by atoms with E-state index in [-0.39, 0.29) is 5.56 Å². The van der Waals surface area contributed by atoms with Gasteiger partial charge in [0, 0.05) is 15.8 Å². The third-order valence-electron chi connectivity index (χ3n) is 3.76. The highest BCUT2D eigenvalue weighted by atomic mass is 32.1. The molecule has 0 fully saturated rings. The van der Waals surface area contributed by atoms with E-state index in [4.69, 9.17) is 5.26 Å². The van der Waals surface area contributed by atoms with Gasteiger partial charge in [0.15, 0.2) is 0 Å². The maximum Gasteiger partial charge on any atom is 0.263 e. The molecule has 3 aromatic heterocycles. The Morgan fingerprint density at radius 1 is 1.21 bits per heavy atom. The van der Waals surface area contributed by atoms with Crippen molar-refractivity contribution in [2.45, 2.75) is 6.54 Å². The van der Waals surface area contributed by atoms with Crippen LogP contribution in [-0.4, -0.2) is 9.55 Å². The van der Waals surface area contributed by atoms with Crippen LogP contribution in [0, 0.1) is 11.3 Å². The number of aromatic nitrogens is 2. The summed E-state index contributed by atoms with van der Waals surface area (Å²) in [5.74, 6) is 0. The summed E-state index contributed by atoms with van der Waals surface area (Å²) in [6.07, 6.45) is 1.58. The van der Waals surface area contributed by atoms with Crippen LogP contribution in [0.1, 0.15) is 11.1 Å². The molecule has 0 atom stereocenters. The fraction of sp³-hybridized carbons (Fsp3) is 0.0556. The van der Waals surface area contributed by atoms with E-state index in [0.717, 1.165) is 20.8 Å². The Balaban J connectivity index is 1.82. The van der Waals surface area contributed by atoms with E-state index in [0.29, 0.717) is 17.5 Å². The van der Waals surface area contributed by atoms with Gasteiger partial charge in [0.1, 0.15) is 4.83 Å². The molecule has 0 saturated heterocycles. The molecule has 0 saturated carbocycles. The van der Waals surface area contributed by atoms with Crippen molar-refractivity contribution in [3.8, 4) is 16.5 Å². The molecule has 6 heteroatoms. The fourth-order valence-corrected chi connectivity index (χ4v) is 4.35. The van der Waals surface area contributed by atoms with Crippen LogP contribution in [0.4, 0.5) is 0 Å². The zero-order chi connectivity index (χ0) is 16.5. The zero-order valence-electron chi connectivity index (χ0n) is 12.5. The Morgan fingerprint density at radius 2 is 2.12 bits per heavy atom. The van der Waals surface area contributed by atoms with Crippen LogP contribution >= 0.6 is 22.7 Å². The molecular formula is C18H11N3OS2. The van der Waals surface area contributed by atoms with Gasteiger partial charge >= 0.3 is 0 Å². The molecule has 24 heavy (non-hydrogen) atoms. The summed E-state index contributed by atoms with van der Waals surface area (Å²) in [6, 6.07) is 13.4. The second kappa shape index (κ2) is 6.04. The Kier molecular flexibility index (Phi) is 3.73. The molecule has 0 radical (unpaired) electrons. The number of thiophene rings is 2. The maximum atomic E-state index is 12.9. The normalized spacial score (nSPS) is 10.8. The lowest BCUT2D eigenvalue weighted by Crippen LogP contribution is -2.20. The van der Waals surface area contributed by atoms with Gasteiger partial charge in [0.25, 0.3) is 5.56 Å². The van der Waals surface area contributed by atoms with Gasteiger partial charge in [-0.1, -0.05) is 18.2 Å². The molecule has 0 N–H and O–H groups in total. The highest BCUT2D eigenvalue weighted by molar-refractivity contribution is 7.18. The van der Waals surface area contributed by atoms with Crippen molar-refractivity contribution in [3.63, 3.8) is 0 Å². The first-order valence-corrected chi connectivity index (χ1v) is 9.02. The highest BCUT2D eigenvalue weighted by Crippen LogP contribution is 2.33. The van der Waals surface area contributed by atoms with Gasteiger partial charge in [-0.2, -0.15) is 5.26 Å². The van der Waals surface area contributed by atoms with E-state index in [2.05, 4.69) is 11.1 Å². The van der Waals surface area contributed by atoms with E-state index < -0.39 is 0 Å². The predicted molar refractivity (Wildman–Crippen MR) is 97.5 cm³/mol. The van der Waals surface area contributed by atoms with Crippen LogP contribution in [0.5, 0.6) is 0 Å². The van der Waals surface area contributed by atoms with Gasteiger partial charge < -0.3 is 0 Å². The van der Waals surface area contributed by atoms with Crippen LogP contribution in [-0.2, 0) is 6.54 Å². The first-order valence-electron chi connectivity index (χ1n) is 7.26. The number of hydrogen-bond donors (Lipinski definition) is 0. The van der Waals surface area contributed by atoms with Crippen LogP contribution in [0.15, 0.2) is 58.3 Å². The minimum atomic E-state index is -0.0491. The summed E-state index contributed by atoms with van der Waals surface area (Å²) in [6.45, 7) is 0.400. The summed E-state index contributed by atoms with van der Waals surface area (Å²) >= 11 is 3.10. The second-order valence-electron chi connectivity index (χ2n) is 5.30. The lowest BCUT2D eigenvalue weighted by atomic mass is 10.1. The van der Waals surface area contributed by atoms with E-state index in [1.165, 1.54) is 11.3 Å².